The van der Waals surface area contributed by atoms with Crippen molar-refractivity contribution < 1.29 is 4.79 Å². The van der Waals surface area contributed by atoms with Gasteiger partial charge in [-0.1, -0.05) is 0 Å². The van der Waals surface area contributed by atoms with Gasteiger partial charge in [-0.3, -0.25) is 4.79 Å². The molecule has 4 nitrogen and oxygen atoms in total. The summed E-state index contributed by atoms with van der Waals surface area (Å²) in [4.78, 5) is 17.0. The maximum atomic E-state index is 12.1. The second-order valence-corrected chi connectivity index (χ2v) is 4.42. The van der Waals surface area contributed by atoms with E-state index < -0.39 is 0 Å². The van der Waals surface area contributed by atoms with Crippen LogP contribution in [0, 0.1) is 5.92 Å². The molecular weight excluding hydrogens is 202 g/mol. The van der Waals surface area contributed by atoms with Gasteiger partial charge in [0.05, 0.1) is 0 Å². The van der Waals surface area contributed by atoms with Crippen LogP contribution in [0.4, 0.5) is 0 Å². The molecule has 0 radical (unpaired) electrons. The summed E-state index contributed by atoms with van der Waals surface area (Å²) in [6, 6.07) is 3.68. The lowest BCUT2D eigenvalue weighted by Crippen LogP contribution is -2.40. The Hall–Kier alpha value is -1.29. The SMILES string of the molecule is NCCC1CCCN(C(=O)c2ccc[nH]2)C1. The van der Waals surface area contributed by atoms with Gasteiger partial charge in [-0.15, -0.1) is 0 Å². The number of aromatic amines is 1. The number of piperidine rings is 1. The fourth-order valence-corrected chi connectivity index (χ4v) is 2.35. The van der Waals surface area contributed by atoms with Crippen molar-refractivity contribution >= 4 is 5.91 Å². The van der Waals surface area contributed by atoms with E-state index in [2.05, 4.69) is 4.98 Å². The van der Waals surface area contributed by atoms with Crippen LogP contribution in [0.15, 0.2) is 18.3 Å². The number of carbonyl (C=O) groups excluding carboxylic acids is 1. The molecule has 1 aromatic rings. The average Bonchev–Trinajstić information content (AvgIpc) is 2.82. The number of carbonyl (C=O) groups is 1. The highest BCUT2D eigenvalue weighted by atomic mass is 16.2. The Morgan fingerprint density at radius 1 is 1.62 bits per heavy atom. The molecule has 2 heterocycles. The van der Waals surface area contributed by atoms with E-state index in [1.54, 1.807) is 6.20 Å². The second kappa shape index (κ2) is 5.16. The molecule has 2 rings (SSSR count). The van der Waals surface area contributed by atoms with Gasteiger partial charge in [-0.25, -0.2) is 0 Å². The number of nitrogens with zero attached hydrogens (tertiary/aromatic N) is 1. The summed E-state index contributed by atoms with van der Waals surface area (Å²) in [5, 5.41) is 0. The highest BCUT2D eigenvalue weighted by Gasteiger charge is 2.24. The molecule has 0 aliphatic carbocycles. The molecule has 3 N–H and O–H groups in total. The van der Waals surface area contributed by atoms with Crippen LogP contribution in [0.5, 0.6) is 0 Å². The molecule has 1 fully saturated rings. The highest BCUT2D eigenvalue weighted by Crippen LogP contribution is 2.20. The lowest BCUT2D eigenvalue weighted by molar-refractivity contribution is 0.0664. The van der Waals surface area contributed by atoms with Crippen LogP contribution in [0.1, 0.15) is 29.8 Å². The zero-order valence-corrected chi connectivity index (χ0v) is 9.48. The van der Waals surface area contributed by atoms with E-state index in [4.69, 9.17) is 5.73 Å². The van der Waals surface area contributed by atoms with Gasteiger partial charge in [-0.05, 0) is 43.9 Å². The van der Waals surface area contributed by atoms with Crippen LogP contribution in [0.2, 0.25) is 0 Å². The first-order chi connectivity index (χ1) is 7.81. The quantitative estimate of drug-likeness (QED) is 0.806. The maximum absolute atomic E-state index is 12.1. The normalized spacial score (nSPS) is 21.1. The first kappa shape index (κ1) is 11.2. The number of nitrogens with two attached hydrogens (primary N) is 1. The van der Waals surface area contributed by atoms with Crippen molar-refractivity contribution in [3.8, 4) is 0 Å². The molecule has 1 unspecified atom stereocenters. The van der Waals surface area contributed by atoms with Gasteiger partial charge < -0.3 is 15.6 Å². The molecule has 1 saturated heterocycles. The monoisotopic (exact) mass is 221 g/mol. The largest absolute Gasteiger partial charge is 0.357 e. The Labute approximate surface area is 95.8 Å². The third kappa shape index (κ3) is 2.44. The number of H-pyrrole nitrogens is 1. The van der Waals surface area contributed by atoms with E-state index in [1.807, 2.05) is 17.0 Å². The third-order valence-electron chi connectivity index (χ3n) is 3.21. The summed E-state index contributed by atoms with van der Waals surface area (Å²) in [5.74, 6) is 0.699. The van der Waals surface area contributed by atoms with Gasteiger partial charge in [0, 0.05) is 19.3 Å². The fourth-order valence-electron chi connectivity index (χ4n) is 2.35. The minimum atomic E-state index is 0.117. The summed E-state index contributed by atoms with van der Waals surface area (Å²) >= 11 is 0. The topological polar surface area (TPSA) is 62.1 Å². The van der Waals surface area contributed by atoms with Gasteiger partial charge >= 0.3 is 0 Å². The Kier molecular flexibility index (Phi) is 3.62. The van der Waals surface area contributed by atoms with Crippen molar-refractivity contribution in [2.45, 2.75) is 19.3 Å². The number of aromatic nitrogens is 1. The zero-order valence-electron chi connectivity index (χ0n) is 9.48. The number of likely N-dealkylation sites (tertiary alicyclic amines) is 1. The first-order valence-corrected chi connectivity index (χ1v) is 5.94. The second-order valence-electron chi connectivity index (χ2n) is 4.42. The van der Waals surface area contributed by atoms with Crippen molar-refractivity contribution in [3.05, 3.63) is 24.0 Å². The van der Waals surface area contributed by atoms with Crippen molar-refractivity contribution in [1.82, 2.24) is 9.88 Å². The van der Waals surface area contributed by atoms with Crippen LogP contribution in [0.25, 0.3) is 0 Å². The molecule has 1 aromatic heterocycles. The molecule has 1 aliphatic heterocycles. The van der Waals surface area contributed by atoms with E-state index in [9.17, 15) is 4.79 Å². The van der Waals surface area contributed by atoms with Crippen LogP contribution in [-0.4, -0.2) is 35.4 Å². The molecule has 16 heavy (non-hydrogen) atoms. The van der Waals surface area contributed by atoms with Gasteiger partial charge in [0.15, 0.2) is 0 Å². The molecule has 4 heteroatoms. The van der Waals surface area contributed by atoms with Gasteiger partial charge in [0.2, 0.25) is 0 Å². The van der Waals surface area contributed by atoms with Crippen molar-refractivity contribution in [2.75, 3.05) is 19.6 Å². The first-order valence-electron chi connectivity index (χ1n) is 5.94. The minimum Gasteiger partial charge on any atom is -0.357 e. The smallest absolute Gasteiger partial charge is 0.270 e. The Morgan fingerprint density at radius 3 is 3.19 bits per heavy atom. The van der Waals surface area contributed by atoms with Gasteiger partial charge in [0.25, 0.3) is 5.91 Å². The van der Waals surface area contributed by atoms with Crippen LogP contribution in [0.3, 0.4) is 0 Å². The van der Waals surface area contributed by atoms with E-state index in [0.29, 0.717) is 11.6 Å². The predicted octanol–water partition coefficient (Wildman–Crippen LogP) is 1.22. The average molecular weight is 221 g/mol. The molecule has 0 saturated carbocycles. The van der Waals surface area contributed by atoms with Gasteiger partial charge in [0.1, 0.15) is 5.69 Å². The Bertz CT molecular complexity index is 332. The summed E-state index contributed by atoms with van der Waals surface area (Å²) < 4.78 is 0. The summed E-state index contributed by atoms with van der Waals surface area (Å²) in [6.07, 6.45) is 5.10. The number of rotatable bonds is 3. The Morgan fingerprint density at radius 2 is 2.50 bits per heavy atom. The van der Waals surface area contributed by atoms with Crippen LogP contribution in [-0.2, 0) is 0 Å². The van der Waals surface area contributed by atoms with Crippen molar-refractivity contribution in [3.63, 3.8) is 0 Å². The fraction of sp³-hybridized carbons (Fsp3) is 0.583. The molecule has 1 amide bonds. The van der Waals surface area contributed by atoms with Crippen molar-refractivity contribution in [1.29, 1.82) is 0 Å². The van der Waals surface area contributed by atoms with E-state index in [1.165, 1.54) is 6.42 Å². The molecule has 0 bridgehead atoms. The van der Waals surface area contributed by atoms with E-state index in [-0.39, 0.29) is 5.91 Å². The molecule has 0 aromatic carbocycles. The van der Waals surface area contributed by atoms with E-state index >= 15 is 0 Å². The highest BCUT2D eigenvalue weighted by molar-refractivity contribution is 5.92. The molecule has 88 valence electrons. The van der Waals surface area contributed by atoms with Crippen LogP contribution < -0.4 is 5.73 Å². The third-order valence-corrected chi connectivity index (χ3v) is 3.21. The molecule has 1 atom stereocenters. The number of hydrogen-bond acceptors (Lipinski definition) is 2. The minimum absolute atomic E-state index is 0.117. The molecule has 0 spiro atoms. The number of amides is 1. The van der Waals surface area contributed by atoms with Gasteiger partial charge in [-0.2, -0.15) is 0 Å². The standard InChI is InChI=1S/C12H19N3O/c13-6-5-10-3-2-8-15(9-10)12(16)11-4-1-7-14-11/h1,4,7,10,14H,2-3,5-6,8-9,13H2. The van der Waals surface area contributed by atoms with Crippen LogP contribution >= 0.6 is 0 Å². The van der Waals surface area contributed by atoms with Crippen molar-refractivity contribution in [2.24, 2.45) is 11.7 Å². The molecule has 1 aliphatic rings. The number of nitrogens with one attached hydrogen (secondary N) is 1. The summed E-state index contributed by atoms with van der Waals surface area (Å²) in [7, 11) is 0. The Balaban J connectivity index is 1.96. The zero-order chi connectivity index (χ0) is 11.4. The lowest BCUT2D eigenvalue weighted by Gasteiger charge is -2.32. The summed E-state index contributed by atoms with van der Waals surface area (Å²) in [6.45, 7) is 2.45. The number of hydrogen-bond donors (Lipinski definition) is 2. The summed E-state index contributed by atoms with van der Waals surface area (Å²) in [5.41, 5.74) is 6.25. The predicted molar refractivity (Wildman–Crippen MR) is 63.1 cm³/mol. The van der Waals surface area contributed by atoms with E-state index in [0.717, 1.165) is 32.5 Å². The molecular formula is C12H19N3O. The maximum Gasteiger partial charge on any atom is 0.270 e. The lowest BCUT2D eigenvalue weighted by atomic mass is 9.95.